The maximum atomic E-state index is 12.9. The van der Waals surface area contributed by atoms with Gasteiger partial charge in [-0.05, 0) is 59.8 Å². The zero-order valence-electron chi connectivity index (χ0n) is 21.1. The number of alkyl halides is 6. The zero-order chi connectivity index (χ0) is 28.0. The van der Waals surface area contributed by atoms with E-state index in [9.17, 15) is 41.7 Å². The number of benzene rings is 2. The molecule has 1 atom stereocenters. The molecule has 0 radical (unpaired) electrons. The van der Waals surface area contributed by atoms with Gasteiger partial charge in [-0.15, -0.1) is 0 Å². The molecule has 3 nitrogen and oxygen atoms in total. The molecule has 0 saturated heterocycles. The van der Waals surface area contributed by atoms with Crippen molar-refractivity contribution in [3.63, 3.8) is 0 Å². The first-order chi connectivity index (χ1) is 17.2. The fourth-order valence-electron chi connectivity index (χ4n) is 4.69. The molecule has 0 aliphatic carbocycles. The molecule has 3 N–H and O–H groups in total. The van der Waals surface area contributed by atoms with E-state index in [2.05, 4.69) is 13.8 Å². The van der Waals surface area contributed by atoms with Gasteiger partial charge in [-0.1, -0.05) is 75.4 Å². The van der Waals surface area contributed by atoms with Crippen molar-refractivity contribution >= 4 is 6.08 Å². The van der Waals surface area contributed by atoms with Crippen molar-refractivity contribution in [2.24, 2.45) is 5.92 Å². The van der Waals surface area contributed by atoms with Crippen LogP contribution in [0.3, 0.4) is 0 Å². The van der Waals surface area contributed by atoms with Crippen LogP contribution < -0.4 is 0 Å². The van der Waals surface area contributed by atoms with Crippen molar-refractivity contribution in [1.29, 1.82) is 0 Å². The molecule has 0 fully saturated rings. The van der Waals surface area contributed by atoms with Crippen molar-refractivity contribution in [1.82, 2.24) is 0 Å². The molecule has 0 bridgehead atoms. The van der Waals surface area contributed by atoms with Crippen molar-refractivity contribution in [2.75, 3.05) is 0 Å². The van der Waals surface area contributed by atoms with Crippen molar-refractivity contribution in [3.8, 4) is 0 Å². The molecule has 2 aromatic carbocycles. The number of halogens is 6. The number of aliphatic hydroxyl groups is 3. The number of aryl methyl sites for hydroxylation is 2. The number of rotatable bonds is 11. The quantitative estimate of drug-likeness (QED) is 0.215. The summed E-state index contributed by atoms with van der Waals surface area (Å²) in [6.07, 6.45) is -10.2. The molecule has 0 aromatic heterocycles. The first kappa shape index (κ1) is 30.9. The van der Waals surface area contributed by atoms with E-state index in [0.29, 0.717) is 23.6 Å². The van der Waals surface area contributed by atoms with Crippen LogP contribution in [0.15, 0.2) is 48.5 Å². The normalized spacial score (nSPS) is 14.2. The standard InChI is InChI=1S/C28H34F6O3/c1-4-19-17-22(13-11-20(19)12-14-23(35)24(27(29,30)31)28(32,33)34)26(5-2,6-3)16-15-18-7-9-21(10-8-18)25(36)37/h7-14,17,23-25,35-37H,4-6,15-16H2,1-3H3. The molecule has 0 spiro atoms. The third kappa shape index (κ3) is 7.82. The van der Waals surface area contributed by atoms with E-state index < -0.39 is 30.7 Å². The van der Waals surface area contributed by atoms with E-state index in [4.69, 9.17) is 0 Å². The van der Waals surface area contributed by atoms with E-state index in [1.165, 1.54) is 0 Å². The Kier molecular flexibility index (Phi) is 10.4. The summed E-state index contributed by atoms with van der Waals surface area (Å²) in [5.41, 5.74) is 3.45. The highest BCUT2D eigenvalue weighted by Gasteiger charge is 2.59. The highest BCUT2D eigenvalue weighted by molar-refractivity contribution is 5.56. The lowest BCUT2D eigenvalue weighted by molar-refractivity contribution is -0.300. The molecular weight excluding hydrogens is 498 g/mol. The summed E-state index contributed by atoms with van der Waals surface area (Å²) in [5.74, 6) is -3.86. The average molecular weight is 533 g/mol. The molecule has 206 valence electrons. The van der Waals surface area contributed by atoms with Crippen LogP contribution in [0, 0.1) is 5.92 Å². The van der Waals surface area contributed by atoms with Gasteiger partial charge in [0, 0.05) is 5.56 Å². The second-order valence-corrected chi connectivity index (χ2v) is 9.28. The van der Waals surface area contributed by atoms with Gasteiger partial charge in [0.1, 0.15) is 0 Å². The first-order valence-electron chi connectivity index (χ1n) is 12.3. The maximum absolute atomic E-state index is 12.9. The fourth-order valence-corrected chi connectivity index (χ4v) is 4.69. The summed E-state index contributed by atoms with van der Waals surface area (Å²) >= 11 is 0. The Morgan fingerprint density at radius 3 is 1.84 bits per heavy atom. The molecule has 2 aromatic rings. The second-order valence-electron chi connectivity index (χ2n) is 9.28. The van der Waals surface area contributed by atoms with E-state index >= 15 is 0 Å². The van der Waals surface area contributed by atoms with E-state index in [1.807, 2.05) is 31.2 Å². The van der Waals surface area contributed by atoms with Crippen LogP contribution in [-0.4, -0.2) is 33.8 Å². The first-order valence-corrected chi connectivity index (χ1v) is 12.3. The molecule has 9 heteroatoms. The Hall–Kier alpha value is -2.36. The Balaban J connectivity index is 2.31. The predicted octanol–water partition coefficient (Wildman–Crippen LogP) is 7.04. The number of hydrogen-bond acceptors (Lipinski definition) is 3. The third-order valence-corrected chi connectivity index (χ3v) is 7.18. The minimum atomic E-state index is -5.63. The van der Waals surface area contributed by atoms with Gasteiger partial charge in [-0.3, -0.25) is 0 Å². The molecule has 0 heterocycles. The van der Waals surface area contributed by atoms with Gasteiger partial charge in [0.05, 0.1) is 6.10 Å². The second kappa shape index (κ2) is 12.5. The van der Waals surface area contributed by atoms with E-state index in [1.54, 1.807) is 18.2 Å². The summed E-state index contributed by atoms with van der Waals surface area (Å²) in [6.45, 7) is 5.98. The van der Waals surface area contributed by atoms with Crippen LogP contribution in [0.5, 0.6) is 0 Å². The van der Waals surface area contributed by atoms with Gasteiger partial charge in [-0.2, -0.15) is 26.3 Å². The van der Waals surface area contributed by atoms with Crippen LogP contribution >= 0.6 is 0 Å². The summed E-state index contributed by atoms with van der Waals surface area (Å²) in [7, 11) is 0. The van der Waals surface area contributed by atoms with Crippen molar-refractivity contribution in [3.05, 3.63) is 76.4 Å². The third-order valence-electron chi connectivity index (χ3n) is 7.18. The van der Waals surface area contributed by atoms with Crippen LogP contribution in [0.2, 0.25) is 0 Å². The van der Waals surface area contributed by atoms with Crippen LogP contribution in [0.4, 0.5) is 26.3 Å². The summed E-state index contributed by atoms with van der Waals surface area (Å²) in [6, 6.07) is 12.5. The highest BCUT2D eigenvalue weighted by atomic mass is 19.4. The van der Waals surface area contributed by atoms with E-state index in [-0.39, 0.29) is 5.41 Å². The van der Waals surface area contributed by atoms with Gasteiger partial charge in [0.2, 0.25) is 0 Å². The minimum absolute atomic E-state index is 0.210. The lowest BCUT2D eigenvalue weighted by Crippen LogP contribution is -2.44. The SMILES string of the molecule is CCc1cc(C(CC)(CC)CCc2ccc(C(O)O)cc2)ccc1C=CC(O)C(C(F)(F)F)C(F)(F)F. The average Bonchev–Trinajstić information content (AvgIpc) is 2.82. The van der Waals surface area contributed by atoms with Crippen molar-refractivity contribution in [2.45, 2.75) is 83.0 Å². The molecule has 0 aliphatic rings. The Bertz CT molecular complexity index is 1010. The summed E-state index contributed by atoms with van der Waals surface area (Å²) < 4.78 is 77.5. The Morgan fingerprint density at radius 1 is 0.811 bits per heavy atom. The molecule has 1 unspecified atom stereocenters. The van der Waals surface area contributed by atoms with Gasteiger partial charge >= 0.3 is 12.4 Å². The van der Waals surface area contributed by atoms with Gasteiger partial charge in [0.15, 0.2) is 12.2 Å². The molecule has 37 heavy (non-hydrogen) atoms. The van der Waals surface area contributed by atoms with Gasteiger partial charge < -0.3 is 15.3 Å². The van der Waals surface area contributed by atoms with Crippen LogP contribution in [-0.2, 0) is 18.3 Å². The molecular formula is C28H34F6O3. The van der Waals surface area contributed by atoms with E-state index in [0.717, 1.165) is 48.4 Å². The minimum Gasteiger partial charge on any atom is -0.388 e. The molecule has 0 saturated carbocycles. The Labute approximate surface area is 213 Å². The lowest BCUT2D eigenvalue weighted by Gasteiger charge is -2.33. The molecule has 2 rings (SSSR count). The Morgan fingerprint density at radius 2 is 1.38 bits per heavy atom. The van der Waals surface area contributed by atoms with Crippen LogP contribution in [0.1, 0.15) is 74.1 Å². The highest BCUT2D eigenvalue weighted by Crippen LogP contribution is 2.42. The maximum Gasteiger partial charge on any atom is 0.403 e. The monoisotopic (exact) mass is 532 g/mol. The molecule has 0 aliphatic heterocycles. The largest absolute Gasteiger partial charge is 0.403 e. The number of hydrogen-bond donors (Lipinski definition) is 3. The fraction of sp³-hybridized carbons (Fsp3) is 0.500. The molecule has 0 amide bonds. The predicted molar refractivity (Wildman–Crippen MR) is 131 cm³/mol. The number of aliphatic hydroxyl groups excluding tert-OH is 2. The smallest absolute Gasteiger partial charge is 0.388 e. The summed E-state index contributed by atoms with van der Waals surface area (Å²) in [4.78, 5) is 0. The van der Waals surface area contributed by atoms with Crippen molar-refractivity contribution < 1.29 is 41.7 Å². The van der Waals surface area contributed by atoms with Gasteiger partial charge in [-0.25, -0.2) is 0 Å². The lowest BCUT2D eigenvalue weighted by atomic mass is 9.71. The van der Waals surface area contributed by atoms with Gasteiger partial charge in [0.25, 0.3) is 0 Å². The zero-order valence-corrected chi connectivity index (χ0v) is 21.1. The van der Waals surface area contributed by atoms with Crippen LogP contribution in [0.25, 0.3) is 6.08 Å². The topological polar surface area (TPSA) is 60.7 Å². The summed E-state index contributed by atoms with van der Waals surface area (Å²) in [5, 5.41) is 28.3.